The van der Waals surface area contributed by atoms with E-state index in [2.05, 4.69) is 109 Å². The number of nitrogens with zero attached hydrogens (tertiary/aromatic N) is 3. The number of hydrogen-bond acceptors (Lipinski definition) is 4. The summed E-state index contributed by atoms with van der Waals surface area (Å²) < 4.78 is 2.55. The molecule has 0 bridgehead atoms. The van der Waals surface area contributed by atoms with Crippen LogP contribution in [0.4, 0.5) is 0 Å². The number of aromatic nitrogens is 3. The Morgan fingerprint density at radius 2 is 1.03 bits per heavy atom. The standard InChI is InChI=1S/C35H21N3S/c1-2-11-24(12-3-1)33-36-34(26-17-8-13-22-10-4-5-15-25(22)26)38-35(37-33)28-18-9-14-23-20-21-30-32(31(23)28)27-16-6-7-19-29(27)39-30/h1-21H. The predicted molar refractivity (Wildman–Crippen MR) is 164 cm³/mol. The van der Waals surface area contributed by atoms with Crippen LogP contribution in [0.3, 0.4) is 0 Å². The molecule has 0 aliphatic carbocycles. The Balaban J connectivity index is 1.47. The highest BCUT2D eigenvalue weighted by Crippen LogP contribution is 2.42. The van der Waals surface area contributed by atoms with Gasteiger partial charge in [0.2, 0.25) is 0 Å². The van der Waals surface area contributed by atoms with Crippen molar-refractivity contribution in [3.05, 3.63) is 127 Å². The Labute approximate surface area is 229 Å². The summed E-state index contributed by atoms with van der Waals surface area (Å²) in [6.45, 7) is 0. The summed E-state index contributed by atoms with van der Waals surface area (Å²) in [6.07, 6.45) is 0. The van der Waals surface area contributed by atoms with Gasteiger partial charge in [0.25, 0.3) is 0 Å². The number of thiophene rings is 1. The van der Waals surface area contributed by atoms with Gasteiger partial charge in [0.05, 0.1) is 0 Å². The molecule has 0 spiro atoms. The highest BCUT2D eigenvalue weighted by atomic mass is 32.1. The van der Waals surface area contributed by atoms with Crippen molar-refractivity contribution in [3.8, 4) is 34.2 Å². The van der Waals surface area contributed by atoms with E-state index in [4.69, 9.17) is 15.0 Å². The SMILES string of the molecule is c1ccc(-c2nc(-c3cccc4ccccc34)nc(-c3cccc4ccc5sc6ccccc6c5c34)n2)cc1. The third-order valence-electron chi connectivity index (χ3n) is 7.32. The molecule has 8 aromatic rings. The van der Waals surface area contributed by atoms with E-state index >= 15 is 0 Å². The second-order valence-corrected chi connectivity index (χ2v) is 10.7. The molecule has 39 heavy (non-hydrogen) atoms. The van der Waals surface area contributed by atoms with Gasteiger partial charge in [-0.25, -0.2) is 15.0 Å². The molecule has 0 fully saturated rings. The van der Waals surface area contributed by atoms with E-state index in [1.807, 2.05) is 29.5 Å². The van der Waals surface area contributed by atoms with Gasteiger partial charge in [-0.15, -0.1) is 11.3 Å². The smallest absolute Gasteiger partial charge is 0.164 e. The van der Waals surface area contributed by atoms with Crippen LogP contribution in [0.1, 0.15) is 0 Å². The number of hydrogen-bond donors (Lipinski definition) is 0. The molecule has 4 heteroatoms. The van der Waals surface area contributed by atoms with E-state index in [-0.39, 0.29) is 0 Å². The summed E-state index contributed by atoms with van der Waals surface area (Å²) in [6, 6.07) is 44.4. The highest BCUT2D eigenvalue weighted by molar-refractivity contribution is 7.26. The van der Waals surface area contributed by atoms with Crippen LogP contribution in [0.2, 0.25) is 0 Å². The molecule has 3 nitrogen and oxygen atoms in total. The number of rotatable bonds is 3. The highest BCUT2D eigenvalue weighted by Gasteiger charge is 2.18. The zero-order chi connectivity index (χ0) is 25.8. The van der Waals surface area contributed by atoms with Crippen LogP contribution in [-0.4, -0.2) is 15.0 Å². The maximum Gasteiger partial charge on any atom is 0.164 e. The maximum absolute atomic E-state index is 5.15. The van der Waals surface area contributed by atoms with Gasteiger partial charge in [-0.2, -0.15) is 0 Å². The van der Waals surface area contributed by atoms with Crippen molar-refractivity contribution in [2.24, 2.45) is 0 Å². The first-order valence-electron chi connectivity index (χ1n) is 13.0. The van der Waals surface area contributed by atoms with Crippen molar-refractivity contribution in [2.45, 2.75) is 0 Å². The molecule has 0 unspecified atom stereocenters. The lowest BCUT2D eigenvalue weighted by Crippen LogP contribution is -2.01. The van der Waals surface area contributed by atoms with E-state index in [0.717, 1.165) is 27.5 Å². The molecular formula is C35H21N3S. The van der Waals surface area contributed by atoms with E-state index in [1.54, 1.807) is 0 Å². The van der Waals surface area contributed by atoms with Gasteiger partial charge in [0.1, 0.15) is 0 Å². The van der Waals surface area contributed by atoms with Crippen molar-refractivity contribution in [1.29, 1.82) is 0 Å². The van der Waals surface area contributed by atoms with Gasteiger partial charge in [-0.1, -0.05) is 115 Å². The van der Waals surface area contributed by atoms with Crippen molar-refractivity contribution < 1.29 is 0 Å². The van der Waals surface area contributed by atoms with Crippen LogP contribution in [-0.2, 0) is 0 Å². The third kappa shape index (κ3) is 3.61. The van der Waals surface area contributed by atoms with Gasteiger partial charge < -0.3 is 0 Å². The van der Waals surface area contributed by atoms with E-state index in [0.29, 0.717) is 17.5 Å². The quantitative estimate of drug-likeness (QED) is 0.235. The van der Waals surface area contributed by atoms with Gasteiger partial charge >= 0.3 is 0 Å². The van der Waals surface area contributed by atoms with Gasteiger partial charge in [-0.3, -0.25) is 0 Å². The largest absolute Gasteiger partial charge is 0.208 e. The normalized spacial score (nSPS) is 11.6. The summed E-state index contributed by atoms with van der Waals surface area (Å²) >= 11 is 1.83. The fourth-order valence-electron chi connectivity index (χ4n) is 5.53. The van der Waals surface area contributed by atoms with Crippen LogP contribution >= 0.6 is 11.3 Å². The second kappa shape index (κ2) is 8.83. The Hall–Kier alpha value is -4.93. The third-order valence-corrected chi connectivity index (χ3v) is 8.46. The van der Waals surface area contributed by atoms with Gasteiger partial charge in [0, 0.05) is 42.2 Å². The molecule has 0 saturated heterocycles. The molecule has 0 atom stereocenters. The molecule has 182 valence electrons. The second-order valence-electron chi connectivity index (χ2n) is 9.64. The molecule has 2 heterocycles. The molecule has 2 aromatic heterocycles. The Morgan fingerprint density at radius 3 is 1.90 bits per heavy atom. The summed E-state index contributed by atoms with van der Waals surface area (Å²) in [5, 5.41) is 7.17. The minimum Gasteiger partial charge on any atom is -0.208 e. The summed E-state index contributed by atoms with van der Waals surface area (Å²) in [7, 11) is 0. The molecule has 0 aliphatic rings. The average Bonchev–Trinajstić information content (AvgIpc) is 3.40. The van der Waals surface area contributed by atoms with Crippen molar-refractivity contribution in [1.82, 2.24) is 15.0 Å². The van der Waals surface area contributed by atoms with Crippen molar-refractivity contribution >= 4 is 53.1 Å². The lowest BCUT2D eigenvalue weighted by Gasteiger charge is -2.12. The molecule has 0 N–H and O–H groups in total. The van der Waals surface area contributed by atoms with Crippen LogP contribution in [0, 0.1) is 0 Å². The van der Waals surface area contributed by atoms with Crippen LogP contribution in [0.15, 0.2) is 127 Å². The molecule has 0 amide bonds. The Bertz CT molecular complexity index is 2180. The first kappa shape index (κ1) is 22.1. The summed E-state index contributed by atoms with van der Waals surface area (Å²) in [5.74, 6) is 2.03. The predicted octanol–water partition coefficient (Wildman–Crippen LogP) is 9.55. The summed E-state index contributed by atoms with van der Waals surface area (Å²) in [4.78, 5) is 15.2. The summed E-state index contributed by atoms with van der Waals surface area (Å²) in [5.41, 5.74) is 2.98. The molecule has 8 rings (SSSR count). The monoisotopic (exact) mass is 515 g/mol. The molecule has 6 aromatic carbocycles. The lowest BCUT2D eigenvalue weighted by molar-refractivity contribution is 1.08. The fraction of sp³-hybridized carbons (Fsp3) is 0. The minimum absolute atomic E-state index is 0.669. The van der Waals surface area contributed by atoms with Gasteiger partial charge in [-0.05, 0) is 28.3 Å². The number of fused-ring (bicyclic) bond motifs is 6. The number of benzene rings is 6. The first-order valence-corrected chi connectivity index (χ1v) is 13.8. The van der Waals surface area contributed by atoms with Crippen LogP contribution in [0.25, 0.3) is 75.9 Å². The van der Waals surface area contributed by atoms with Gasteiger partial charge in [0.15, 0.2) is 17.5 Å². The van der Waals surface area contributed by atoms with Crippen molar-refractivity contribution in [2.75, 3.05) is 0 Å². The molecule has 0 saturated carbocycles. The Morgan fingerprint density at radius 1 is 0.385 bits per heavy atom. The zero-order valence-electron chi connectivity index (χ0n) is 20.9. The van der Waals surface area contributed by atoms with Crippen molar-refractivity contribution in [3.63, 3.8) is 0 Å². The van der Waals surface area contributed by atoms with E-state index in [9.17, 15) is 0 Å². The van der Waals surface area contributed by atoms with E-state index < -0.39 is 0 Å². The molecular weight excluding hydrogens is 494 g/mol. The fourth-order valence-corrected chi connectivity index (χ4v) is 6.65. The average molecular weight is 516 g/mol. The van der Waals surface area contributed by atoms with Crippen LogP contribution < -0.4 is 0 Å². The zero-order valence-corrected chi connectivity index (χ0v) is 21.7. The first-order chi connectivity index (χ1) is 19.3. The molecule has 0 radical (unpaired) electrons. The Kier molecular flexibility index (Phi) is 5.00. The lowest BCUT2D eigenvalue weighted by atomic mass is 9.98. The van der Waals surface area contributed by atoms with E-state index in [1.165, 1.54) is 30.9 Å². The topological polar surface area (TPSA) is 38.7 Å². The maximum atomic E-state index is 5.15. The van der Waals surface area contributed by atoms with Crippen LogP contribution in [0.5, 0.6) is 0 Å². The minimum atomic E-state index is 0.669. The molecule has 0 aliphatic heterocycles.